The van der Waals surface area contributed by atoms with Gasteiger partial charge in [-0.05, 0) is 12.5 Å². The molecule has 0 fully saturated rings. The number of allylic oxidation sites excluding steroid dienone is 2. The van der Waals surface area contributed by atoms with E-state index in [9.17, 15) is 0 Å². The smallest absolute Gasteiger partial charge is 0.0977 e. The molecule has 0 aromatic carbocycles. The van der Waals surface area contributed by atoms with Crippen molar-refractivity contribution in [1.82, 2.24) is 0 Å². The molecule has 0 N–H and O–H groups in total. The molecule has 0 radical (unpaired) electrons. The summed E-state index contributed by atoms with van der Waals surface area (Å²) in [6.45, 7) is 5.58. The average molecular weight is 134 g/mol. The van der Waals surface area contributed by atoms with E-state index >= 15 is 0 Å². The molecule has 1 aromatic heterocycles. The minimum atomic E-state index is 1.11. The average Bonchev–Trinajstić information content (AvgIpc) is 2.31. The van der Waals surface area contributed by atoms with Gasteiger partial charge in [-0.3, -0.25) is 0 Å². The van der Waals surface area contributed by atoms with Crippen LogP contribution in [0.25, 0.3) is 6.08 Å². The predicted octanol–water partition coefficient (Wildman–Crippen LogP) is 2.79. The molecule has 0 atom stereocenters. The topological polar surface area (TPSA) is 13.1 Å². The largest absolute Gasteiger partial charge is 0.472 e. The molecule has 10 heavy (non-hydrogen) atoms. The second-order valence-electron chi connectivity index (χ2n) is 2.10. The van der Waals surface area contributed by atoms with Crippen molar-refractivity contribution >= 4 is 6.08 Å². The van der Waals surface area contributed by atoms with Crippen LogP contribution in [0.1, 0.15) is 11.1 Å². The minimum absolute atomic E-state index is 1.11. The van der Waals surface area contributed by atoms with Gasteiger partial charge in [-0.15, -0.1) is 0 Å². The molecule has 1 heteroatoms. The van der Waals surface area contributed by atoms with Crippen molar-refractivity contribution in [2.75, 3.05) is 0 Å². The van der Waals surface area contributed by atoms with E-state index in [4.69, 9.17) is 4.42 Å². The fraction of sp³-hybridized carbons (Fsp3) is 0.111. The van der Waals surface area contributed by atoms with Crippen molar-refractivity contribution in [3.05, 3.63) is 42.4 Å². The van der Waals surface area contributed by atoms with Crippen molar-refractivity contribution in [2.45, 2.75) is 6.92 Å². The Bertz CT molecular complexity index is 243. The lowest BCUT2D eigenvalue weighted by Gasteiger charge is -1.82. The maximum absolute atomic E-state index is 4.96. The SMILES string of the molecule is C=C/C=C\c1cocc1C. The van der Waals surface area contributed by atoms with Gasteiger partial charge in [0.2, 0.25) is 0 Å². The standard InChI is InChI=1S/C9H10O/c1-3-4-5-9-7-10-6-8(9)2/h3-7H,1H2,2H3/b5-4-. The first-order valence-electron chi connectivity index (χ1n) is 3.16. The van der Waals surface area contributed by atoms with Crippen LogP contribution in [0.2, 0.25) is 0 Å². The Morgan fingerprint density at radius 2 is 2.30 bits per heavy atom. The summed E-state index contributed by atoms with van der Waals surface area (Å²) in [5.41, 5.74) is 2.26. The monoisotopic (exact) mass is 134 g/mol. The Kier molecular flexibility index (Phi) is 2.11. The van der Waals surface area contributed by atoms with Crippen molar-refractivity contribution < 1.29 is 4.42 Å². The Morgan fingerprint density at radius 1 is 1.50 bits per heavy atom. The molecule has 0 saturated heterocycles. The number of aryl methyl sites for hydroxylation is 1. The Morgan fingerprint density at radius 3 is 2.80 bits per heavy atom. The fourth-order valence-corrected chi connectivity index (χ4v) is 0.713. The lowest BCUT2D eigenvalue weighted by atomic mass is 10.2. The molecule has 1 heterocycles. The molecule has 52 valence electrons. The Balaban J connectivity index is 2.83. The highest BCUT2D eigenvalue weighted by Crippen LogP contribution is 2.09. The third kappa shape index (κ3) is 1.38. The fourth-order valence-electron chi connectivity index (χ4n) is 0.713. The maximum Gasteiger partial charge on any atom is 0.0977 e. The second kappa shape index (κ2) is 3.06. The van der Waals surface area contributed by atoms with Crippen LogP contribution in [0.4, 0.5) is 0 Å². The molecule has 0 bridgehead atoms. The van der Waals surface area contributed by atoms with E-state index in [1.54, 1.807) is 18.6 Å². The van der Waals surface area contributed by atoms with Crippen molar-refractivity contribution in [1.29, 1.82) is 0 Å². The van der Waals surface area contributed by atoms with Crippen LogP contribution in [-0.4, -0.2) is 0 Å². The van der Waals surface area contributed by atoms with Gasteiger partial charge in [-0.2, -0.15) is 0 Å². The summed E-state index contributed by atoms with van der Waals surface area (Å²) >= 11 is 0. The lowest BCUT2D eigenvalue weighted by Crippen LogP contribution is -1.66. The van der Waals surface area contributed by atoms with E-state index in [-0.39, 0.29) is 0 Å². The molecular weight excluding hydrogens is 124 g/mol. The first-order valence-corrected chi connectivity index (χ1v) is 3.16. The van der Waals surface area contributed by atoms with Crippen molar-refractivity contribution in [2.24, 2.45) is 0 Å². The zero-order chi connectivity index (χ0) is 7.40. The summed E-state index contributed by atoms with van der Waals surface area (Å²) < 4.78 is 4.96. The summed E-state index contributed by atoms with van der Waals surface area (Å²) in [5.74, 6) is 0. The van der Waals surface area contributed by atoms with Crippen LogP contribution in [0, 0.1) is 6.92 Å². The molecule has 0 aliphatic heterocycles. The van der Waals surface area contributed by atoms with Crippen LogP contribution >= 0.6 is 0 Å². The molecule has 1 aromatic rings. The summed E-state index contributed by atoms with van der Waals surface area (Å²) in [4.78, 5) is 0. The first-order chi connectivity index (χ1) is 4.84. The number of hydrogen-bond donors (Lipinski definition) is 0. The van der Waals surface area contributed by atoms with Crippen molar-refractivity contribution in [3.63, 3.8) is 0 Å². The van der Waals surface area contributed by atoms with Crippen LogP contribution in [0.3, 0.4) is 0 Å². The normalized spacial score (nSPS) is 10.5. The van der Waals surface area contributed by atoms with Gasteiger partial charge in [0.1, 0.15) is 0 Å². The molecule has 1 rings (SSSR count). The lowest BCUT2D eigenvalue weighted by molar-refractivity contribution is 0.565. The van der Waals surface area contributed by atoms with Gasteiger partial charge in [0.15, 0.2) is 0 Å². The Hall–Kier alpha value is -1.24. The van der Waals surface area contributed by atoms with Crippen LogP contribution in [-0.2, 0) is 0 Å². The van der Waals surface area contributed by atoms with E-state index in [0.29, 0.717) is 0 Å². The molecule has 1 nitrogen and oxygen atoms in total. The molecule has 0 unspecified atom stereocenters. The van der Waals surface area contributed by atoms with Gasteiger partial charge >= 0.3 is 0 Å². The van der Waals surface area contributed by atoms with Gasteiger partial charge in [-0.1, -0.05) is 24.8 Å². The zero-order valence-corrected chi connectivity index (χ0v) is 6.00. The van der Waals surface area contributed by atoms with Crippen molar-refractivity contribution in [3.8, 4) is 0 Å². The van der Waals surface area contributed by atoms with E-state index in [1.165, 1.54) is 0 Å². The third-order valence-corrected chi connectivity index (χ3v) is 1.31. The van der Waals surface area contributed by atoms with Gasteiger partial charge in [0, 0.05) is 5.56 Å². The molecule has 0 aliphatic carbocycles. The van der Waals surface area contributed by atoms with E-state index in [2.05, 4.69) is 6.58 Å². The van der Waals surface area contributed by atoms with E-state index < -0.39 is 0 Å². The quantitative estimate of drug-likeness (QED) is 0.567. The number of hydrogen-bond acceptors (Lipinski definition) is 1. The van der Waals surface area contributed by atoms with Crippen LogP contribution in [0.15, 0.2) is 35.7 Å². The van der Waals surface area contributed by atoms with E-state index in [1.807, 2.05) is 19.1 Å². The molecule has 0 amide bonds. The minimum Gasteiger partial charge on any atom is -0.472 e. The highest BCUT2D eigenvalue weighted by molar-refractivity contribution is 5.52. The highest BCUT2D eigenvalue weighted by atomic mass is 16.3. The van der Waals surface area contributed by atoms with Gasteiger partial charge < -0.3 is 4.42 Å². The molecule has 0 saturated carbocycles. The summed E-state index contributed by atoms with van der Waals surface area (Å²) in [6.07, 6.45) is 9.04. The maximum atomic E-state index is 4.96. The summed E-state index contributed by atoms with van der Waals surface area (Å²) in [7, 11) is 0. The summed E-state index contributed by atoms with van der Waals surface area (Å²) in [5, 5.41) is 0. The van der Waals surface area contributed by atoms with Crippen LogP contribution in [0.5, 0.6) is 0 Å². The van der Waals surface area contributed by atoms with Crippen LogP contribution < -0.4 is 0 Å². The van der Waals surface area contributed by atoms with Gasteiger partial charge in [0.25, 0.3) is 0 Å². The van der Waals surface area contributed by atoms with E-state index in [0.717, 1.165) is 11.1 Å². The number of furan rings is 1. The highest BCUT2D eigenvalue weighted by Gasteiger charge is 1.92. The molecule has 0 aliphatic rings. The first kappa shape index (κ1) is 6.87. The predicted molar refractivity (Wildman–Crippen MR) is 42.7 cm³/mol. The van der Waals surface area contributed by atoms with Gasteiger partial charge in [-0.25, -0.2) is 0 Å². The summed E-state index contributed by atoms with van der Waals surface area (Å²) in [6, 6.07) is 0. The number of rotatable bonds is 2. The third-order valence-electron chi connectivity index (χ3n) is 1.31. The molecule has 0 spiro atoms. The second-order valence-corrected chi connectivity index (χ2v) is 2.10. The Labute approximate surface area is 60.7 Å². The zero-order valence-electron chi connectivity index (χ0n) is 6.00. The molecular formula is C9H10O. The van der Waals surface area contributed by atoms with Gasteiger partial charge in [0.05, 0.1) is 12.5 Å².